The fourth-order valence-corrected chi connectivity index (χ4v) is 2.84. The molecule has 1 aromatic heterocycles. The highest BCUT2D eigenvalue weighted by molar-refractivity contribution is 5.85. The van der Waals surface area contributed by atoms with Crippen molar-refractivity contribution < 1.29 is 27.2 Å². The van der Waals surface area contributed by atoms with Gasteiger partial charge in [-0.15, -0.1) is 0 Å². The summed E-state index contributed by atoms with van der Waals surface area (Å²) in [6.45, 7) is 4.54. The molecule has 0 spiro atoms. The van der Waals surface area contributed by atoms with Crippen molar-refractivity contribution in [3.05, 3.63) is 69.6 Å². The van der Waals surface area contributed by atoms with Crippen molar-refractivity contribution in [1.82, 2.24) is 0 Å². The highest BCUT2D eigenvalue weighted by Gasteiger charge is 2.14. The van der Waals surface area contributed by atoms with Crippen molar-refractivity contribution in [2.45, 2.75) is 26.8 Å². The molecule has 0 atom stereocenters. The predicted octanol–water partition coefficient (Wildman–Crippen LogP) is -0.231. The molecular formula is C19H20ClNO3. The van der Waals surface area contributed by atoms with Crippen molar-refractivity contribution in [3.63, 3.8) is 0 Å². The third-order valence-corrected chi connectivity index (χ3v) is 4.04. The quantitative estimate of drug-likeness (QED) is 0.507. The summed E-state index contributed by atoms with van der Waals surface area (Å²) in [6.07, 6.45) is 0.744. The molecule has 126 valence electrons. The minimum absolute atomic E-state index is 0. The fourth-order valence-electron chi connectivity index (χ4n) is 2.84. The molecule has 24 heavy (non-hydrogen) atoms. The zero-order valence-corrected chi connectivity index (χ0v) is 14.4. The molecule has 0 aliphatic rings. The van der Waals surface area contributed by atoms with Crippen LogP contribution in [0.5, 0.6) is 5.75 Å². The Bertz CT molecular complexity index is 918. The first-order valence-corrected chi connectivity index (χ1v) is 7.76. The van der Waals surface area contributed by atoms with Crippen LogP contribution in [0.3, 0.4) is 0 Å². The number of aromatic hydroxyl groups is 1. The van der Waals surface area contributed by atoms with E-state index in [4.69, 9.17) is 4.42 Å². The van der Waals surface area contributed by atoms with E-state index in [2.05, 4.69) is 6.07 Å². The van der Waals surface area contributed by atoms with E-state index in [0.29, 0.717) is 17.7 Å². The lowest BCUT2D eigenvalue weighted by Gasteiger charge is -2.09. The molecule has 1 heterocycles. The van der Waals surface area contributed by atoms with E-state index in [-0.39, 0.29) is 23.8 Å². The number of fused-ring (bicyclic) bond motifs is 1. The molecule has 4 nitrogen and oxygen atoms in total. The number of nitrogens with two attached hydrogens (primary N) is 1. The van der Waals surface area contributed by atoms with Crippen LogP contribution >= 0.6 is 0 Å². The van der Waals surface area contributed by atoms with E-state index < -0.39 is 0 Å². The summed E-state index contributed by atoms with van der Waals surface area (Å²) < 4.78 is 5.39. The van der Waals surface area contributed by atoms with E-state index in [0.717, 1.165) is 23.1 Å². The molecule has 5 heteroatoms. The Hall–Kier alpha value is -2.30. The first kappa shape index (κ1) is 18.0. The third-order valence-electron chi connectivity index (χ3n) is 4.04. The second kappa shape index (κ2) is 7.51. The Morgan fingerprint density at radius 1 is 1.17 bits per heavy atom. The van der Waals surface area contributed by atoms with Gasteiger partial charge in [0, 0.05) is 17.5 Å². The Balaban J connectivity index is 0.00000208. The number of rotatable bonds is 4. The van der Waals surface area contributed by atoms with Gasteiger partial charge in [-0.05, 0) is 42.7 Å². The van der Waals surface area contributed by atoms with Crippen LogP contribution in [0.2, 0.25) is 0 Å². The van der Waals surface area contributed by atoms with Crippen LogP contribution in [0.15, 0.2) is 51.7 Å². The molecule has 3 N–H and O–H groups in total. The standard InChI is InChI=1S/C19H19NO3.ClH/c1-3-13-10-18(22)23-19-15(13)7-8-17(21)16(19)11-20-14-6-4-5-12(2)9-14;/h4-10,20-21H,3,11H2,1-2H3;1H. The van der Waals surface area contributed by atoms with Crippen molar-refractivity contribution in [2.24, 2.45) is 0 Å². The molecule has 3 aromatic rings. The maximum absolute atomic E-state index is 11.8. The van der Waals surface area contributed by atoms with Crippen molar-refractivity contribution in [3.8, 4) is 5.75 Å². The van der Waals surface area contributed by atoms with Gasteiger partial charge in [-0.1, -0.05) is 19.1 Å². The van der Waals surface area contributed by atoms with Gasteiger partial charge in [-0.3, -0.25) is 0 Å². The van der Waals surface area contributed by atoms with E-state index >= 15 is 0 Å². The molecule has 0 unspecified atom stereocenters. The van der Waals surface area contributed by atoms with Gasteiger partial charge in [-0.2, -0.15) is 0 Å². The highest BCUT2D eigenvalue weighted by Crippen LogP contribution is 2.28. The lowest BCUT2D eigenvalue weighted by atomic mass is 10.0. The van der Waals surface area contributed by atoms with Crippen LogP contribution in [0, 0.1) is 6.92 Å². The average molecular weight is 346 g/mol. The zero-order chi connectivity index (χ0) is 16.4. The molecule has 0 fully saturated rings. The predicted molar refractivity (Wildman–Crippen MR) is 90.0 cm³/mol. The molecule has 0 radical (unpaired) electrons. The first-order valence-electron chi connectivity index (χ1n) is 7.76. The number of hydrogen-bond acceptors (Lipinski definition) is 3. The van der Waals surface area contributed by atoms with E-state index in [1.165, 1.54) is 11.6 Å². The molecule has 0 aliphatic carbocycles. The minimum Gasteiger partial charge on any atom is -1.00 e. The maximum Gasteiger partial charge on any atom is 0.336 e. The van der Waals surface area contributed by atoms with Crippen molar-refractivity contribution >= 4 is 16.7 Å². The minimum atomic E-state index is -0.378. The fraction of sp³-hybridized carbons (Fsp3) is 0.211. The van der Waals surface area contributed by atoms with Crippen molar-refractivity contribution in [2.75, 3.05) is 0 Å². The number of aryl methyl sites for hydroxylation is 2. The van der Waals surface area contributed by atoms with Gasteiger partial charge in [0.05, 0.1) is 5.56 Å². The summed E-state index contributed by atoms with van der Waals surface area (Å²) in [5, 5.41) is 13.1. The number of benzene rings is 2. The molecule has 3 rings (SSSR count). The highest BCUT2D eigenvalue weighted by atomic mass is 35.5. The molecular weight excluding hydrogens is 326 g/mol. The number of phenols is 1. The topological polar surface area (TPSA) is 67.0 Å². The lowest BCUT2D eigenvalue weighted by Crippen LogP contribution is -3.00. The normalized spacial score (nSPS) is 10.6. The van der Waals surface area contributed by atoms with E-state index in [9.17, 15) is 9.90 Å². The number of phenolic OH excluding ortho intramolecular Hbond substituents is 1. The van der Waals surface area contributed by atoms with Gasteiger partial charge in [0.15, 0.2) is 5.58 Å². The molecule has 0 saturated heterocycles. The van der Waals surface area contributed by atoms with Crippen molar-refractivity contribution in [1.29, 1.82) is 0 Å². The Labute approximate surface area is 146 Å². The maximum atomic E-state index is 11.8. The van der Waals surface area contributed by atoms with Gasteiger partial charge in [0.1, 0.15) is 18.0 Å². The smallest absolute Gasteiger partial charge is 0.336 e. The second-order valence-corrected chi connectivity index (χ2v) is 5.71. The van der Waals surface area contributed by atoms with Crippen LogP contribution in [-0.2, 0) is 13.0 Å². The largest absolute Gasteiger partial charge is 1.00 e. The summed E-state index contributed by atoms with van der Waals surface area (Å²) >= 11 is 0. The Morgan fingerprint density at radius 3 is 2.67 bits per heavy atom. The molecule has 0 aliphatic heterocycles. The van der Waals surface area contributed by atoms with Gasteiger partial charge >= 0.3 is 5.63 Å². The average Bonchev–Trinajstić information content (AvgIpc) is 2.53. The van der Waals surface area contributed by atoms with Gasteiger partial charge in [0.25, 0.3) is 0 Å². The summed E-state index contributed by atoms with van der Waals surface area (Å²) in [6, 6.07) is 13.1. The van der Waals surface area contributed by atoms with E-state index in [1.54, 1.807) is 6.07 Å². The SMILES string of the molecule is CCc1cc(=O)oc2c(C[NH2+]c3cccc(C)c3)c(O)ccc12.[Cl-]. The molecule has 0 bridgehead atoms. The van der Waals surface area contributed by atoms with Gasteiger partial charge in [0.2, 0.25) is 0 Å². The van der Waals surface area contributed by atoms with Crippen LogP contribution in [0.25, 0.3) is 11.0 Å². The van der Waals surface area contributed by atoms with Gasteiger partial charge < -0.3 is 27.2 Å². The number of hydrogen-bond donors (Lipinski definition) is 2. The van der Waals surface area contributed by atoms with E-state index in [1.807, 2.05) is 43.4 Å². The van der Waals surface area contributed by atoms with Crippen LogP contribution in [0.1, 0.15) is 23.6 Å². The Kier molecular flexibility index (Phi) is 5.65. The summed E-state index contributed by atoms with van der Waals surface area (Å²) in [4.78, 5) is 11.8. The van der Waals surface area contributed by atoms with Crippen LogP contribution in [-0.4, -0.2) is 5.11 Å². The number of halogens is 1. The monoisotopic (exact) mass is 345 g/mol. The summed E-state index contributed by atoms with van der Waals surface area (Å²) in [7, 11) is 0. The Morgan fingerprint density at radius 2 is 1.96 bits per heavy atom. The van der Waals surface area contributed by atoms with Gasteiger partial charge in [-0.25, -0.2) is 4.79 Å². The summed E-state index contributed by atoms with van der Waals surface area (Å²) in [5.74, 6) is 0.151. The zero-order valence-electron chi connectivity index (χ0n) is 13.7. The molecule has 0 amide bonds. The first-order chi connectivity index (χ1) is 11.1. The van der Waals surface area contributed by atoms with Crippen LogP contribution < -0.4 is 23.3 Å². The summed E-state index contributed by atoms with van der Waals surface area (Å²) in [5.41, 5.74) is 3.95. The second-order valence-electron chi connectivity index (χ2n) is 5.71. The lowest BCUT2D eigenvalue weighted by molar-refractivity contribution is -0.588. The van der Waals surface area contributed by atoms with Crippen LogP contribution in [0.4, 0.5) is 5.69 Å². The molecule has 2 aromatic carbocycles. The molecule has 0 saturated carbocycles. The third kappa shape index (κ3) is 3.61. The number of quaternary nitrogens is 1.